The molecule has 1 amide bonds. The fraction of sp³-hybridized carbons (Fsp3) is 0.333. The summed E-state index contributed by atoms with van der Waals surface area (Å²) in [6.07, 6.45) is -1.12. The first-order valence-corrected chi connectivity index (χ1v) is 7.67. The van der Waals surface area contributed by atoms with Crippen molar-refractivity contribution in [3.8, 4) is 0 Å². The molecular weight excluding hydrogens is 320 g/mol. The van der Waals surface area contributed by atoms with Crippen molar-refractivity contribution in [3.63, 3.8) is 0 Å². The molecule has 0 spiro atoms. The lowest BCUT2D eigenvalue weighted by Gasteiger charge is -2.17. The van der Waals surface area contributed by atoms with Crippen LogP contribution >= 0.6 is 11.6 Å². The monoisotopic (exact) mass is 334 g/mol. The maximum atomic E-state index is 12.2. The van der Waals surface area contributed by atoms with Crippen molar-refractivity contribution in [2.75, 3.05) is 13.6 Å². The number of esters is 1. The molecule has 7 nitrogen and oxygen atoms in total. The third-order valence-corrected chi connectivity index (χ3v) is 4.65. The molecule has 0 aliphatic carbocycles. The Kier molecular flexibility index (Phi) is 5.70. The molecule has 0 bridgehead atoms. The highest BCUT2D eigenvalue weighted by molar-refractivity contribution is 7.89. The van der Waals surface area contributed by atoms with E-state index in [4.69, 9.17) is 22.1 Å². The third-order valence-electron chi connectivity index (χ3n) is 2.58. The lowest BCUT2D eigenvalue weighted by Crippen LogP contribution is -2.37. The standard InChI is InChI=1S/C12H15ClN2O5S/c1-8(12(14)17)20-11(16)7-15(2)21(18,19)10-5-3-9(13)4-6-10/h3-6,8H,7H2,1-2H3,(H2,14,17). The summed E-state index contributed by atoms with van der Waals surface area (Å²) in [5, 5.41) is 0.395. The molecule has 0 saturated heterocycles. The molecule has 0 aromatic heterocycles. The average Bonchev–Trinajstić information content (AvgIpc) is 2.38. The molecule has 1 rings (SSSR count). The summed E-state index contributed by atoms with van der Waals surface area (Å²) in [5.74, 6) is -1.69. The number of benzene rings is 1. The topological polar surface area (TPSA) is 107 Å². The summed E-state index contributed by atoms with van der Waals surface area (Å²) in [6, 6.07) is 5.50. The largest absolute Gasteiger partial charge is 0.452 e. The first kappa shape index (κ1) is 17.4. The SMILES string of the molecule is CC(OC(=O)CN(C)S(=O)(=O)c1ccc(Cl)cc1)C(N)=O. The van der Waals surface area contributed by atoms with E-state index >= 15 is 0 Å². The number of nitrogens with zero attached hydrogens (tertiary/aromatic N) is 1. The summed E-state index contributed by atoms with van der Waals surface area (Å²) < 4.78 is 29.9. The van der Waals surface area contributed by atoms with Gasteiger partial charge in [-0.15, -0.1) is 0 Å². The Balaban J connectivity index is 2.78. The quantitative estimate of drug-likeness (QED) is 0.757. The predicted octanol–water partition coefficient (Wildman–Crippen LogP) is 0.377. The first-order valence-electron chi connectivity index (χ1n) is 5.85. The van der Waals surface area contributed by atoms with Gasteiger partial charge in [0.15, 0.2) is 6.10 Å². The number of primary amides is 1. The van der Waals surface area contributed by atoms with Gasteiger partial charge in [-0.25, -0.2) is 8.42 Å². The number of carbonyl (C=O) groups is 2. The van der Waals surface area contributed by atoms with Crippen LogP contribution in [0.25, 0.3) is 0 Å². The highest BCUT2D eigenvalue weighted by Gasteiger charge is 2.25. The maximum Gasteiger partial charge on any atom is 0.322 e. The van der Waals surface area contributed by atoms with Crippen molar-refractivity contribution >= 4 is 33.5 Å². The maximum absolute atomic E-state index is 12.2. The van der Waals surface area contributed by atoms with Gasteiger partial charge in [-0.2, -0.15) is 4.31 Å². The lowest BCUT2D eigenvalue weighted by atomic mass is 10.4. The molecule has 0 saturated carbocycles. The van der Waals surface area contributed by atoms with Gasteiger partial charge in [0.1, 0.15) is 6.54 Å². The third kappa shape index (κ3) is 4.69. The number of nitrogens with two attached hydrogens (primary N) is 1. The molecule has 21 heavy (non-hydrogen) atoms. The minimum absolute atomic E-state index is 0.00912. The molecule has 0 heterocycles. The second kappa shape index (κ2) is 6.88. The summed E-state index contributed by atoms with van der Waals surface area (Å²) >= 11 is 5.69. The van der Waals surface area contributed by atoms with Crippen molar-refractivity contribution in [2.45, 2.75) is 17.9 Å². The van der Waals surface area contributed by atoms with E-state index in [9.17, 15) is 18.0 Å². The smallest absolute Gasteiger partial charge is 0.322 e. The second-order valence-corrected chi connectivity index (χ2v) is 6.73. The van der Waals surface area contributed by atoms with Gasteiger partial charge in [-0.05, 0) is 31.2 Å². The fourth-order valence-corrected chi connectivity index (χ4v) is 2.59. The van der Waals surface area contributed by atoms with Crippen LogP contribution in [0.5, 0.6) is 0 Å². The number of ether oxygens (including phenoxy) is 1. The van der Waals surface area contributed by atoms with E-state index in [0.29, 0.717) is 5.02 Å². The van der Waals surface area contributed by atoms with E-state index in [1.54, 1.807) is 0 Å². The Morgan fingerprint density at radius 3 is 2.33 bits per heavy atom. The molecule has 2 N–H and O–H groups in total. The summed E-state index contributed by atoms with van der Waals surface area (Å²) in [6.45, 7) is 0.760. The molecule has 116 valence electrons. The minimum atomic E-state index is -3.85. The number of rotatable bonds is 6. The van der Waals surface area contributed by atoms with Gasteiger partial charge in [0.25, 0.3) is 5.91 Å². The number of hydrogen-bond donors (Lipinski definition) is 1. The zero-order valence-corrected chi connectivity index (χ0v) is 13.0. The van der Waals surface area contributed by atoms with Gasteiger partial charge in [0.05, 0.1) is 4.90 Å². The van der Waals surface area contributed by atoms with E-state index in [1.807, 2.05) is 0 Å². The Labute approximate surface area is 127 Å². The van der Waals surface area contributed by atoms with Gasteiger partial charge in [0, 0.05) is 12.1 Å². The Morgan fingerprint density at radius 2 is 1.86 bits per heavy atom. The second-order valence-electron chi connectivity index (χ2n) is 4.25. The van der Waals surface area contributed by atoms with Crippen molar-refractivity contribution < 1.29 is 22.7 Å². The molecule has 0 fully saturated rings. The Bertz CT molecular complexity index is 630. The van der Waals surface area contributed by atoms with E-state index in [-0.39, 0.29) is 4.90 Å². The molecule has 1 aromatic rings. The molecule has 1 atom stereocenters. The predicted molar refractivity (Wildman–Crippen MR) is 76.0 cm³/mol. The minimum Gasteiger partial charge on any atom is -0.452 e. The van der Waals surface area contributed by atoms with Crippen LogP contribution < -0.4 is 5.73 Å². The van der Waals surface area contributed by atoms with E-state index < -0.39 is 34.5 Å². The van der Waals surface area contributed by atoms with Gasteiger partial charge in [0.2, 0.25) is 10.0 Å². The van der Waals surface area contributed by atoms with Crippen LogP contribution in [0.2, 0.25) is 5.02 Å². The highest BCUT2D eigenvalue weighted by Crippen LogP contribution is 2.17. The molecule has 1 unspecified atom stereocenters. The zero-order valence-electron chi connectivity index (χ0n) is 11.4. The summed E-state index contributed by atoms with van der Waals surface area (Å²) in [4.78, 5) is 22.3. The molecule has 0 aliphatic rings. The Morgan fingerprint density at radius 1 is 1.33 bits per heavy atom. The van der Waals surface area contributed by atoms with Crippen LogP contribution in [0, 0.1) is 0 Å². The molecule has 0 aliphatic heterocycles. The number of carbonyl (C=O) groups excluding carboxylic acids is 2. The van der Waals surface area contributed by atoms with Gasteiger partial charge >= 0.3 is 5.97 Å². The summed E-state index contributed by atoms with van der Waals surface area (Å²) in [7, 11) is -2.63. The van der Waals surface area contributed by atoms with Crippen LogP contribution in [-0.2, 0) is 24.3 Å². The van der Waals surface area contributed by atoms with E-state index in [1.165, 1.54) is 38.2 Å². The number of sulfonamides is 1. The van der Waals surface area contributed by atoms with Crippen molar-refractivity contribution in [2.24, 2.45) is 5.73 Å². The zero-order chi connectivity index (χ0) is 16.2. The van der Waals surface area contributed by atoms with Crippen LogP contribution in [0.1, 0.15) is 6.92 Å². The number of hydrogen-bond acceptors (Lipinski definition) is 5. The molecular formula is C12H15ClN2O5S. The highest BCUT2D eigenvalue weighted by atomic mass is 35.5. The van der Waals surface area contributed by atoms with E-state index in [2.05, 4.69) is 0 Å². The number of likely N-dealkylation sites (N-methyl/N-ethyl adjacent to an activating group) is 1. The van der Waals surface area contributed by atoms with Crippen LogP contribution in [-0.4, -0.2) is 44.3 Å². The fourth-order valence-electron chi connectivity index (χ4n) is 1.35. The molecule has 9 heteroatoms. The first-order chi connectivity index (χ1) is 9.64. The van der Waals surface area contributed by atoms with Crippen LogP contribution in [0.3, 0.4) is 0 Å². The molecule has 1 aromatic carbocycles. The van der Waals surface area contributed by atoms with Crippen molar-refractivity contribution in [1.82, 2.24) is 4.31 Å². The Hall–Kier alpha value is -1.64. The normalized spacial score (nSPS) is 13.0. The van der Waals surface area contributed by atoms with Gasteiger partial charge in [-0.1, -0.05) is 11.6 Å². The lowest BCUT2D eigenvalue weighted by molar-refractivity contribution is -0.153. The van der Waals surface area contributed by atoms with Gasteiger partial charge < -0.3 is 10.5 Å². The average molecular weight is 335 g/mol. The molecule has 0 radical (unpaired) electrons. The van der Waals surface area contributed by atoms with Crippen molar-refractivity contribution in [3.05, 3.63) is 29.3 Å². The van der Waals surface area contributed by atoms with Crippen LogP contribution in [0.15, 0.2) is 29.2 Å². The summed E-state index contributed by atoms with van der Waals surface area (Å²) in [5.41, 5.74) is 4.95. The van der Waals surface area contributed by atoms with Crippen LogP contribution in [0.4, 0.5) is 0 Å². The van der Waals surface area contributed by atoms with Gasteiger partial charge in [-0.3, -0.25) is 9.59 Å². The van der Waals surface area contributed by atoms with E-state index in [0.717, 1.165) is 4.31 Å². The number of halogens is 1. The number of amides is 1. The van der Waals surface area contributed by atoms with Crippen molar-refractivity contribution in [1.29, 1.82) is 0 Å².